The maximum atomic E-state index is 11.3. The molecule has 0 aromatic carbocycles. The van der Waals surface area contributed by atoms with Crippen LogP contribution in [0.2, 0.25) is 0 Å². The molecule has 1 N–H and O–H groups in total. The van der Waals surface area contributed by atoms with E-state index in [1.807, 2.05) is 0 Å². The van der Waals surface area contributed by atoms with E-state index in [-0.39, 0.29) is 11.5 Å². The maximum Gasteiger partial charge on any atom is 0.205 e. The molecule has 0 unspecified atom stereocenters. The van der Waals surface area contributed by atoms with Crippen LogP contribution in [0.15, 0.2) is 0 Å². The minimum atomic E-state index is -2.80. The van der Waals surface area contributed by atoms with Crippen molar-refractivity contribution >= 4 is 26.3 Å². The maximum absolute atomic E-state index is 11.3. The standard InChI is InChI=1S/C10H18N4O2S2/c1-2-3-11-10-13-12-9(17-10)8-14-4-6-18(15,16)7-5-14/h2-8H2,1H3,(H,11,13). The van der Waals surface area contributed by atoms with Crippen molar-refractivity contribution in [2.24, 2.45) is 0 Å². The second-order valence-electron chi connectivity index (χ2n) is 4.36. The second kappa shape index (κ2) is 5.94. The first-order chi connectivity index (χ1) is 8.59. The lowest BCUT2D eigenvalue weighted by Gasteiger charge is -2.25. The summed E-state index contributed by atoms with van der Waals surface area (Å²) in [6.45, 7) is 4.89. The molecule has 0 radical (unpaired) electrons. The third-order valence-corrected chi connectivity index (χ3v) is 5.26. The molecule has 1 aromatic heterocycles. The summed E-state index contributed by atoms with van der Waals surface area (Å²) >= 11 is 1.54. The van der Waals surface area contributed by atoms with Crippen LogP contribution < -0.4 is 5.32 Å². The van der Waals surface area contributed by atoms with Crippen molar-refractivity contribution in [3.63, 3.8) is 0 Å². The van der Waals surface area contributed by atoms with Crippen molar-refractivity contribution < 1.29 is 8.42 Å². The molecule has 1 fully saturated rings. The van der Waals surface area contributed by atoms with E-state index in [4.69, 9.17) is 0 Å². The molecule has 0 saturated carbocycles. The lowest BCUT2D eigenvalue weighted by Crippen LogP contribution is -2.39. The highest BCUT2D eigenvalue weighted by Crippen LogP contribution is 2.17. The van der Waals surface area contributed by atoms with Gasteiger partial charge in [-0.3, -0.25) is 4.90 Å². The summed E-state index contributed by atoms with van der Waals surface area (Å²) in [6.07, 6.45) is 1.05. The lowest BCUT2D eigenvalue weighted by molar-refractivity contribution is 0.286. The summed E-state index contributed by atoms with van der Waals surface area (Å²) < 4.78 is 22.6. The highest BCUT2D eigenvalue weighted by atomic mass is 32.2. The molecule has 0 aliphatic carbocycles. The molecule has 2 rings (SSSR count). The molecule has 6 nitrogen and oxygen atoms in total. The molecule has 18 heavy (non-hydrogen) atoms. The zero-order chi connectivity index (χ0) is 13.0. The van der Waals surface area contributed by atoms with Gasteiger partial charge < -0.3 is 5.32 Å². The molecule has 1 aliphatic heterocycles. The Bertz CT molecular complexity index is 472. The molecule has 0 spiro atoms. The molecular weight excluding hydrogens is 272 g/mol. The molecule has 8 heteroatoms. The van der Waals surface area contributed by atoms with E-state index >= 15 is 0 Å². The number of rotatable bonds is 5. The van der Waals surface area contributed by atoms with Crippen molar-refractivity contribution in [2.45, 2.75) is 19.9 Å². The van der Waals surface area contributed by atoms with Crippen molar-refractivity contribution in [2.75, 3.05) is 36.5 Å². The van der Waals surface area contributed by atoms with E-state index in [1.165, 1.54) is 0 Å². The van der Waals surface area contributed by atoms with Gasteiger partial charge in [-0.2, -0.15) is 0 Å². The smallest absolute Gasteiger partial charge is 0.205 e. The zero-order valence-corrected chi connectivity index (χ0v) is 12.1. The van der Waals surface area contributed by atoms with Gasteiger partial charge in [-0.05, 0) is 6.42 Å². The van der Waals surface area contributed by atoms with E-state index in [0.717, 1.165) is 23.1 Å². The van der Waals surface area contributed by atoms with E-state index in [0.29, 0.717) is 19.6 Å². The van der Waals surface area contributed by atoms with Crippen LogP contribution >= 0.6 is 11.3 Å². The minimum absolute atomic E-state index is 0.257. The van der Waals surface area contributed by atoms with Gasteiger partial charge in [-0.25, -0.2) is 8.42 Å². The van der Waals surface area contributed by atoms with Crippen LogP contribution in [-0.2, 0) is 16.4 Å². The first-order valence-electron chi connectivity index (χ1n) is 6.08. The average Bonchev–Trinajstić information content (AvgIpc) is 2.77. The van der Waals surface area contributed by atoms with E-state index in [1.54, 1.807) is 11.3 Å². The van der Waals surface area contributed by atoms with Crippen LogP contribution in [0.4, 0.5) is 5.13 Å². The Hall–Kier alpha value is -0.730. The third-order valence-electron chi connectivity index (χ3n) is 2.79. The normalized spacial score (nSPS) is 19.8. The van der Waals surface area contributed by atoms with Crippen LogP contribution in [0, 0.1) is 0 Å². The van der Waals surface area contributed by atoms with E-state index < -0.39 is 9.84 Å². The zero-order valence-electron chi connectivity index (χ0n) is 10.4. The van der Waals surface area contributed by atoms with Gasteiger partial charge in [0.1, 0.15) is 5.01 Å². The number of hydrogen-bond donors (Lipinski definition) is 1. The molecule has 1 aromatic rings. The highest BCUT2D eigenvalue weighted by molar-refractivity contribution is 7.91. The predicted molar refractivity (Wildman–Crippen MR) is 72.6 cm³/mol. The van der Waals surface area contributed by atoms with Crippen LogP contribution in [0.5, 0.6) is 0 Å². The Morgan fingerprint density at radius 3 is 2.72 bits per heavy atom. The molecule has 2 heterocycles. The number of aromatic nitrogens is 2. The van der Waals surface area contributed by atoms with E-state index in [2.05, 4.69) is 27.3 Å². The van der Waals surface area contributed by atoms with E-state index in [9.17, 15) is 8.42 Å². The Labute approximate surface area is 111 Å². The van der Waals surface area contributed by atoms with Gasteiger partial charge in [0.15, 0.2) is 9.84 Å². The Morgan fingerprint density at radius 1 is 1.33 bits per heavy atom. The predicted octanol–water partition coefficient (Wildman–Crippen LogP) is 0.590. The fourth-order valence-electron chi connectivity index (χ4n) is 1.72. The van der Waals surface area contributed by atoms with Crippen LogP contribution in [0.1, 0.15) is 18.4 Å². The van der Waals surface area contributed by atoms with Crippen molar-refractivity contribution in [1.82, 2.24) is 15.1 Å². The second-order valence-corrected chi connectivity index (χ2v) is 7.72. The summed E-state index contributed by atoms with van der Waals surface area (Å²) in [5, 5.41) is 13.2. The molecule has 0 atom stereocenters. The monoisotopic (exact) mass is 290 g/mol. The fourth-order valence-corrected chi connectivity index (χ4v) is 3.81. The van der Waals surface area contributed by atoms with Gasteiger partial charge in [-0.1, -0.05) is 18.3 Å². The molecule has 0 amide bonds. The molecule has 1 aliphatic rings. The summed E-state index contributed by atoms with van der Waals surface area (Å²) in [5.41, 5.74) is 0. The molecule has 102 valence electrons. The van der Waals surface area contributed by atoms with Gasteiger partial charge in [0.2, 0.25) is 5.13 Å². The highest BCUT2D eigenvalue weighted by Gasteiger charge is 2.22. The quantitative estimate of drug-likeness (QED) is 0.855. The Kier molecular flexibility index (Phi) is 4.52. The number of nitrogens with zero attached hydrogens (tertiary/aromatic N) is 3. The van der Waals surface area contributed by atoms with Crippen LogP contribution in [0.25, 0.3) is 0 Å². The number of anilines is 1. The van der Waals surface area contributed by atoms with Crippen LogP contribution in [0.3, 0.4) is 0 Å². The molecular formula is C10H18N4O2S2. The first kappa shape index (κ1) is 13.7. The largest absolute Gasteiger partial charge is 0.360 e. The van der Waals surface area contributed by atoms with Crippen molar-refractivity contribution in [3.05, 3.63) is 5.01 Å². The van der Waals surface area contributed by atoms with Gasteiger partial charge in [0, 0.05) is 19.6 Å². The molecule has 1 saturated heterocycles. The van der Waals surface area contributed by atoms with Gasteiger partial charge in [-0.15, -0.1) is 10.2 Å². The average molecular weight is 290 g/mol. The Morgan fingerprint density at radius 2 is 2.06 bits per heavy atom. The summed E-state index contributed by atoms with van der Waals surface area (Å²) in [5.74, 6) is 0.513. The van der Waals surface area contributed by atoms with Gasteiger partial charge in [0.05, 0.1) is 18.1 Å². The number of nitrogens with one attached hydrogen (secondary N) is 1. The number of hydrogen-bond acceptors (Lipinski definition) is 7. The van der Waals surface area contributed by atoms with Crippen molar-refractivity contribution in [3.8, 4) is 0 Å². The van der Waals surface area contributed by atoms with Crippen LogP contribution in [-0.4, -0.2) is 54.7 Å². The van der Waals surface area contributed by atoms with Crippen molar-refractivity contribution in [1.29, 1.82) is 0 Å². The van der Waals surface area contributed by atoms with Gasteiger partial charge in [0.25, 0.3) is 0 Å². The third kappa shape index (κ3) is 3.89. The van der Waals surface area contributed by atoms with Gasteiger partial charge >= 0.3 is 0 Å². The fraction of sp³-hybridized carbons (Fsp3) is 0.800. The summed E-state index contributed by atoms with van der Waals surface area (Å²) in [4.78, 5) is 2.12. The number of sulfone groups is 1. The first-order valence-corrected chi connectivity index (χ1v) is 8.72. The SMILES string of the molecule is CCCNc1nnc(CN2CCS(=O)(=O)CC2)s1. The Balaban J connectivity index is 1.84. The summed E-state index contributed by atoms with van der Waals surface area (Å²) in [6, 6.07) is 0. The minimum Gasteiger partial charge on any atom is -0.360 e. The topological polar surface area (TPSA) is 75.2 Å². The molecule has 0 bridgehead atoms. The lowest BCUT2D eigenvalue weighted by atomic mass is 10.5. The summed E-state index contributed by atoms with van der Waals surface area (Å²) in [7, 11) is -2.80.